The Hall–Kier alpha value is -2.46. The van der Waals surface area contributed by atoms with Crippen molar-refractivity contribution >= 4 is 39.5 Å². The number of phosphoric ester groups is 2. The summed E-state index contributed by atoms with van der Waals surface area (Å²) < 4.78 is 68.4. The summed E-state index contributed by atoms with van der Waals surface area (Å²) in [7, 11) is -9.92. The highest BCUT2D eigenvalue weighted by molar-refractivity contribution is 7.47. The molecule has 0 aromatic carbocycles. The first-order valence-electron chi connectivity index (χ1n) is 40.0. The van der Waals surface area contributed by atoms with Crippen LogP contribution in [0.25, 0.3) is 0 Å². The highest BCUT2D eigenvalue weighted by Crippen LogP contribution is 2.45. The normalized spacial score (nSPS) is 14.1. The van der Waals surface area contributed by atoms with E-state index in [1.165, 1.54) is 186 Å². The van der Waals surface area contributed by atoms with E-state index in [1.807, 2.05) is 0 Å². The van der Waals surface area contributed by atoms with E-state index in [0.29, 0.717) is 31.6 Å². The molecule has 19 heteroatoms. The molecule has 97 heavy (non-hydrogen) atoms. The third-order valence-corrected chi connectivity index (χ3v) is 19.6. The van der Waals surface area contributed by atoms with Crippen molar-refractivity contribution in [3.63, 3.8) is 0 Å². The number of aliphatic hydroxyl groups is 1. The van der Waals surface area contributed by atoms with Gasteiger partial charge >= 0.3 is 39.5 Å². The summed E-state index contributed by atoms with van der Waals surface area (Å²) in [5, 5.41) is 10.6. The van der Waals surface area contributed by atoms with E-state index in [2.05, 4.69) is 58.9 Å². The first-order chi connectivity index (χ1) is 47.0. The molecule has 0 aliphatic carbocycles. The van der Waals surface area contributed by atoms with Crippen LogP contribution < -0.4 is 0 Å². The third kappa shape index (κ3) is 71.7. The number of esters is 4. The number of carbonyl (C=O) groups excluding carboxylic acids is 4. The second kappa shape index (κ2) is 70.6. The molecule has 2 unspecified atom stereocenters. The van der Waals surface area contributed by atoms with E-state index in [-0.39, 0.29) is 25.7 Å². The van der Waals surface area contributed by atoms with Gasteiger partial charge in [0.25, 0.3) is 0 Å². The molecule has 0 heterocycles. The van der Waals surface area contributed by atoms with Gasteiger partial charge in [0.2, 0.25) is 0 Å². The van der Waals surface area contributed by atoms with Gasteiger partial charge in [-0.05, 0) is 57.3 Å². The molecule has 0 aliphatic rings. The monoisotopic (exact) mass is 1420 g/mol. The summed E-state index contributed by atoms with van der Waals surface area (Å²) in [5.41, 5.74) is 0. The molecular weight excluding hydrogens is 1270 g/mol. The van der Waals surface area contributed by atoms with Crippen LogP contribution in [0.2, 0.25) is 0 Å². The summed E-state index contributed by atoms with van der Waals surface area (Å²) in [5.74, 6) is -1.47. The predicted molar refractivity (Wildman–Crippen MR) is 395 cm³/mol. The van der Waals surface area contributed by atoms with Gasteiger partial charge in [0.1, 0.15) is 19.3 Å². The third-order valence-electron chi connectivity index (χ3n) is 17.7. The summed E-state index contributed by atoms with van der Waals surface area (Å²) in [6, 6.07) is 0. The molecule has 0 saturated carbocycles. The van der Waals surface area contributed by atoms with Gasteiger partial charge in [-0.3, -0.25) is 37.3 Å². The van der Waals surface area contributed by atoms with Gasteiger partial charge in [0, 0.05) is 25.7 Å². The van der Waals surface area contributed by atoms with Gasteiger partial charge < -0.3 is 33.8 Å². The first-order valence-corrected chi connectivity index (χ1v) is 42.9. The van der Waals surface area contributed by atoms with Crippen molar-refractivity contribution in [2.24, 2.45) is 5.92 Å². The van der Waals surface area contributed by atoms with Crippen molar-refractivity contribution in [3.05, 3.63) is 24.3 Å². The van der Waals surface area contributed by atoms with E-state index in [9.17, 15) is 43.2 Å². The number of ether oxygens (including phenoxy) is 4. The summed E-state index contributed by atoms with van der Waals surface area (Å²) in [6.45, 7) is 7.14. The average Bonchev–Trinajstić information content (AvgIpc) is 1.43. The minimum Gasteiger partial charge on any atom is -0.462 e. The fourth-order valence-corrected chi connectivity index (χ4v) is 13.1. The van der Waals surface area contributed by atoms with Crippen LogP contribution >= 0.6 is 15.6 Å². The molecule has 0 aromatic rings. The second-order valence-electron chi connectivity index (χ2n) is 27.9. The fourth-order valence-electron chi connectivity index (χ4n) is 11.5. The maximum Gasteiger partial charge on any atom is 0.472 e. The van der Waals surface area contributed by atoms with Crippen molar-refractivity contribution < 1.29 is 80.2 Å². The smallest absolute Gasteiger partial charge is 0.462 e. The number of hydrogen-bond acceptors (Lipinski definition) is 15. The maximum absolute atomic E-state index is 13.1. The summed E-state index contributed by atoms with van der Waals surface area (Å²) >= 11 is 0. The molecule has 3 N–H and O–H groups in total. The van der Waals surface area contributed by atoms with Crippen molar-refractivity contribution in [2.45, 2.75) is 406 Å². The molecule has 0 fully saturated rings. The van der Waals surface area contributed by atoms with E-state index < -0.39 is 97.5 Å². The highest BCUT2D eigenvalue weighted by Gasteiger charge is 2.30. The zero-order valence-corrected chi connectivity index (χ0v) is 64.5. The van der Waals surface area contributed by atoms with Gasteiger partial charge in [-0.25, -0.2) is 9.13 Å². The van der Waals surface area contributed by atoms with Crippen molar-refractivity contribution in [2.75, 3.05) is 39.6 Å². The molecular formula is C78H148O17P2. The molecule has 0 saturated heterocycles. The minimum absolute atomic E-state index is 0.102. The van der Waals surface area contributed by atoms with Gasteiger partial charge in [-0.1, -0.05) is 335 Å². The van der Waals surface area contributed by atoms with Crippen LogP contribution in [0.15, 0.2) is 24.3 Å². The molecule has 0 radical (unpaired) electrons. The lowest BCUT2D eigenvalue weighted by Gasteiger charge is -2.21. The average molecular weight is 1420 g/mol. The Morgan fingerprint density at radius 3 is 0.845 bits per heavy atom. The van der Waals surface area contributed by atoms with Crippen molar-refractivity contribution in [1.29, 1.82) is 0 Å². The van der Waals surface area contributed by atoms with Gasteiger partial charge in [0.05, 0.1) is 26.4 Å². The molecule has 572 valence electrons. The number of unbranched alkanes of at least 4 members (excludes halogenated alkanes) is 45. The predicted octanol–water partition coefficient (Wildman–Crippen LogP) is 22.8. The number of rotatable bonds is 76. The molecule has 0 aromatic heterocycles. The van der Waals surface area contributed by atoms with Gasteiger partial charge in [-0.2, -0.15) is 0 Å². The lowest BCUT2D eigenvalue weighted by atomic mass is 10.0. The Kier molecular flexibility index (Phi) is 68.8. The van der Waals surface area contributed by atoms with Crippen LogP contribution in [-0.4, -0.2) is 96.7 Å². The van der Waals surface area contributed by atoms with Crippen molar-refractivity contribution in [1.82, 2.24) is 0 Å². The summed E-state index contributed by atoms with van der Waals surface area (Å²) in [6.07, 6.45) is 63.6. The van der Waals surface area contributed by atoms with Gasteiger partial charge in [-0.15, -0.1) is 0 Å². The SMILES string of the molecule is CCCCCC/C=C\C=C/CCCCCCCC(=O)OC[C@H](COP(=O)(O)OC[C@@H](O)COP(=O)(O)OC[C@@H](COC(=O)CCCCCCCCC(C)C)OC(=O)CCCCCCCCCCCCC)OC(=O)CCCCCCCCCCCCCCCCCCCCCCCC. The minimum atomic E-state index is -4.97. The van der Waals surface area contributed by atoms with E-state index in [1.54, 1.807) is 0 Å². The van der Waals surface area contributed by atoms with Crippen LogP contribution in [0.1, 0.15) is 388 Å². The molecule has 0 aliphatic heterocycles. The highest BCUT2D eigenvalue weighted by atomic mass is 31.2. The molecule has 5 atom stereocenters. The number of phosphoric acid groups is 2. The Morgan fingerprint density at radius 1 is 0.320 bits per heavy atom. The summed E-state index contributed by atoms with van der Waals surface area (Å²) in [4.78, 5) is 72.7. The first kappa shape index (κ1) is 94.5. The van der Waals surface area contributed by atoms with Crippen LogP contribution in [-0.2, 0) is 65.4 Å². The number of aliphatic hydroxyl groups excluding tert-OH is 1. The Balaban J connectivity index is 5.21. The van der Waals surface area contributed by atoms with Crippen LogP contribution in [0.4, 0.5) is 0 Å². The zero-order chi connectivity index (χ0) is 71.2. The quantitative estimate of drug-likeness (QED) is 0.0169. The van der Waals surface area contributed by atoms with Crippen LogP contribution in [0, 0.1) is 5.92 Å². The number of hydrogen-bond donors (Lipinski definition) is 3. The van der Waals surface area contributed by atoms with Crippen molar-refractivity contribution in [3.8, 4) is 0 Å². The van der Waals surface area contributed by atoms with Crippen LogP contribution in [0.3, 0.4) is 0 Å². The van der Waals surface area contributed by atoms with E-state index in [0.717, 1.165) is 116 Å². The molecule has 0 rings (SSSR count). The Labute approximate surface area is 592 Å². The number of allylic oxidation sites excluding steroid dienone is 4. The molecule has 0 spiro atoms. The largest absolute Gasteiger partial charge is 0.472 e. The number of carbonyl (C=O) groups is 4. The molecule has 0 bridgehead atoms. The topological polar surface area (TPSA) is 237 Å². The molecule has 17 nitrogen and oxygen atoms in total. The van der Waals surface area contributed by atoms with E-state index in [4.69, 9.17) is 37.0 Å². The molecule has 0 amide bonds. The lowest BCUT2D eigenvalue weighted by molar-refractivity contribution is -0.161. The Bertz CT molecular complexity index is 1950. The fraction of sp³-hybridized carbons (Fsp3) is 0.897. The zero-order valence-electron chi connectivity index (χ0n) is 62.7. The van der Waals surface area contributed by atoms with Crippen LogP contribution in [0.5, 0.6) is 0 Å². The second-order valence-corrected chi connectivity index (χ2v) is 30.8. The van der Waals surface area contributed by atoms with E-state index >= 15 is 0 Å². The Morgan fingerprint density at radius 2 is 0.557 bits per heavy atom. The maximum atomic E-state index is 13.1. The van der Waals surface area contributed by atoms with Gasteiger partial charge in [0.15, 0.2) is 12.2 Å². The lowest BCUT2D eigenvalue weighted by Crippen LogP contribution is -2.30. The standard InChI is InChI=1S/C78H148O17P2/c1-6-9-12-15-18-21-24-26-28-29-30-31-32-33-34-36-38-41-44-47-54-59-64-78(83)94-73(67-88-75(80)61-56-51-45-42-40-37-35-27-25-22-19-16-13-10-7-2)69-92-96(84,85)90-65-72(79)66-91-97(86,87)93-70-74(68-89-76(81)62-57-52-49-48-50-55-60-71(4)5)95-77(82)63-58-53-46-43-39-23-20-17-14-11-8-3/h22,25,27,35,71-74,79H,6-21,23-24,26,28-34,36-70H2,1-5H3,(H,84,85)(H,86,87)/b25-22-,35-27-/t72-,73-,74-/m1/s1.